The Morgan fingerprint density at radius 2 is 1.62 bits per heavy atom. The molecule has 2 N–H and O–H groups in total. The zero-order valence-corrected chi connectivity index (χ0v) is 25.4. The van der Waals surface area contributed by atoms with Crippen LogP contribution in [-0.4, -0.2) is 89.1 Å². The molecule has 3 saturated heterocycles. The van der Waals surface area contributed by atoms with Gasteiger partial charge in [-0.05, 0) is 95.9 Å². The summed E-state index contributed by atoms with van der Waals surface area (Å²) in [5, 5.41) is 7.97. The molecule has 1 aromatic rings. The number of piperidine rings is 2. The lowest BCUT2D eigenvalue weighted by molar-refractivity contribution is -0.139. The molecule has 5 rings (SSSR count). The zero-order chi connectivity index (χ0) is 28.1. The van der Waals surface area contributed by atoms with Gasteiger partial charge in [-0.3, -0.25) is 4.79 Å². The van der Waals surface area contributed by atoms with Crippen LogP contribution in [0.2, 0.25) is 5.02 Å². The molecule has 0 spiro atoms. The second-order valence-electron chi connectivity index (χ2n) is 12.5. The minimum Gasteiger partial charge on any atom is -0.335 e. The molecule has 3 amide bonds. The summed E-state index contributed by atoms with van der Waals surface area (Å²) in [4.78, 5) is 34.7. The van der Waals surface area contributed by atoms with Crippen LogP contribution in [0.15, 0.2) is 24.3 Å². The van der Waals surface area contributed by atoms with E-state index in [2.05, 4.69) is 34.3 Å². The van der Waals surface area contributed by atoms with Crippen LogP contribution in [-0.2, 0) is 11.2 Å². The number of carbonyl (C=O) groups is 2. The Kier molecular flexibility index (Phi) is 10.3. The lowest BCUT2D eigenvalue weighted by Crippen LogP contribution is -2.62. The molecule has 0 aromatic heterocycles. The van der Waals surface area contributed by atoms with Crippen LogP contribution in [0.3, 0.4) is 0 Å². The molecule has 1 saturated carbocycles. The predicted octanol–water partition coefficient (Wildman–Crippen LogP) is 5.21. The van der Waals surface area contributed by atoms with Crippen LogP contribution in [0.1, 0.15) is 90.0 Å². The predicted molar refractivity (Wildman–Crippen MR) is 162 cm³/mol. The van der Waals surface area contributed by atoms with E-state index in [0.717, 1.165) is 88.1 Å². The van der Waals surface area contributed by atoms with E-state index in [4.69, 9.17) is 11.6 Å². The Labute approximate surface area is 246 Å². The second-order valence-corrected chi connectivity index (χ2v) is 12.9. The van der Waals surface area contributed by atoms with E-state index in [1.165, 1.54) is 19.3 Å². The molecule has 222 valence electrons. The lowest BCUT2D eigenvalue weighted by atomic mass is 9.89. The average Bonchev–Trinajstić information content (AvgIpc) is 3.24. The van der Waals surface area contributed by atoms with Crippen molar-refractivity contribution in [2.45, 2.75) is 127 Å². The van der Waals surface area contributed by atoms with Crippen LogP contribution in [0.5, 0.6) is 0 Å². The summed E-state index contributed by atoms with van der Waals surface area (Å²) in [7, 11) is 0. The molecule has 2 bridgehead atoms. The lowest BCUT2D eigenvalue weighted by Gasteiger charge is -2.48. The van der Waals surface area contributed by atoms with E-state index in [1.54, 1.807) is 0 Å². The fourth-order valence-electron chi connectivity index (χ4n) is 7.89. The number of hydrogen-bond acceptors (Lipinski definition) is 4. The number of amides is 3. The van der Waals surface area contributed by atoms with Crippen molar-refractivity contribution in [1.82, 2.24) is 25.3 Å². The zero-order valence-electron chi connectivity index (χ0n) is 24.6. The Balaban J connectivity index is 1.33. The highest BCUT2D eigenvalue weighted by Gasteiger charge is 2.48. The summed E-state index contributed by atoms with van der Waals surface area (Å²) in [6.07, 6.45) is 12.7. The third-order valence-corrected chi connectivity index (χ3v) is 10.2. The maximum atomic E-state index is 14.3. The van der Waals surface area contributed by atoms with Gasteiger partial charge in [0.15, 0.2) is 0 Å². The summed E-state index contributed by atoms with van der Waals surface area (Å²) in [5.41, 5.74) is 1.13. The number of halogens is 1. The van der Waals surface area contributed by atoms with Crippen LogP contribution in [0.25, 0.3) is 0 Å². The minimum absolute atomic E-state index is 0.214. The van der Waals surface area contributed by atoms with E-state index in [9.17, 15) is 9.59 Å². The van der Waals surface area contributed by atoms with E-state index < -0.39 is 0 Å². The molecule has 4 fully saturated rings. The van der Waals surface area contributed by atoms with Crippen molar-refractivity contribution < 1.29 is 9.59 Å². The van der Waals surface area contributed by atoms with E-state index in [-0.39, 0.29) is 36.1 Å². The molecule has 3 heterocycles. The first-order valence-electron chi connectivity index (χ1n) is 16.1. The largest absolute Gasteiger partial charge is 0.335 e. The van der Waals surface area contributed by atoms with Gasteiger partial charge in [-0.15, -0.1) is 0 Å². The molecular weight excluding hydrogens is 522 g/mol. The number of nitrogens with zero attached hydrogens (tertiary/aromatic N) is 3. The standard InChI is InChI=1S/C32H50ClN5O2/c1-3-36(4-2)32(40)38(26-10-6-5-7-11-26)29-20-27-16-17-28(21-29)37(27)31(39)30(35-25-9-8-18-34-22-25)19-23-12-14-24(33)15-13-23/h12-15,25-30,34-35H,3-11,16-22H2,1-2H3/t25?,27?,28?,29?,30-/m1/s1. The first-order chi connectivity index (χ1) is 19.5. The van der Waals surface area contributed by atoms with Gasteiger partial charge in [0, 0.05) is 54.9 Å². The molecular formula is C32H50ClN5O2. The summed E-state index contributed by atoms with van der Waals surface area (Å²) in [6, 6.07) is 9.19. The number of rotatable bonds is 9. The molecule has 8 heteroatoms. The fraction of sp³-hybridized carbons (Fsp3) is 0.750. The number of carbonyl (C=O) groups excluding carboxylic acids is 2. The van der Waals surface area contributed by atoms with Gasteiger partial charge in [0.05, 0.1) is 6.04 Å². The first kappa shape index (κ1) is 29.7. The van der Waals surface area contributed by atoms with Crippen molar-refractivity contribution in [3.05, 3.63) is 34.9 Å². The van der Waals surface area contributed by atoms with Gasteiger partial charge in [-0.25, -0.2) is 4.79 Å². The quantitative estimate of drug-likeness (QED) is 0.427. The number of benzene rings is 1. The highest BCUT2D eigenvalue weighted by molar-refractivity contribution is 6.30. The summed E-state index contributed by atoms with van der Waals surface area (Å²) in [5.74, 6) is 0.241. The highest BCUT2D eigenvalue weighted by Crippen LogP contribution is 2.40. The average molecular weight is 572 g/mol. The Morgan fingerprint density at radius 1 is 0.950 bits per heavy atom. The number of urea groups is 1. The molecule has 40 heavy (non-hydrogen) atoms. The molecule has 3 unspecified atom stereocenters. The van der Waals surface area contributed by atoms with Crippen molar-refractivity contribution in [3.63, 3.8) is 0 Å². The van der Waals surface area contributed by atoms with Gasteiger partial charge in [0.25, 0.3) is 0 Å². The van der Waals surface area contributed by atoms with Crippen LogP contribution in [0.4, 0.5) is 4.79 Å². The molecule has 3 aliphatic heterocycles. The first-order valence-corrected chi connectivity index (χ1v) is 16.5. The highest BCUT2D eigenvalue weighted by atomic mass is 35.5. The van der Waals surface area contributed by atoms with Crippen molar-refractivity contribution in [2.75, 3.05) is 26.2 Å². The normalized spacial score (nSPS) is 27.8. The number of nitrogens with one attached hydrogen (secondary N) is 2. The second kappa shape index (κ2) is 13.9. The third kappa shape index (κ3) is 6.79. The maximum absolute atomic E-state index is 14.3. The summed E-state index contributed by atoms with van der Waals surface area (Å²) < 4.78 is 0. The molecule has 7 nitrogen and oxygen atoms in total. The Hall–Kier alpha value is -1.83. The monoisotopic (exact) mass is 571 g/mol. The van der Waals surface area contributed by atoms with Gasteiger partial charge in [0.1, 0.15) is 0 Å². The van der Waals surface area contributed by atoms with Crippen molar-refractivity contribution in [2.24, 2.45) is 0 Å². The van der Waals surface area contributed by atoms with Gasteiger partial charge in [0.2, 0.25) is 5.91 Å². The van der Waals surface area contributed by atoms with Crippen molar-refractivity contribution >= 4 is 23.5 Å². The van der Waals surface area contributed by atoms with Crippen LogP contribution >= 0.6 is 11.6 Å². The van der Waals surface area contributed by atoms with Gasteiger partial charge < -0.3 is 25.3 Å². The molecule has 4 atom stereocenters. The van der Waals surface area contributed by atoms with E-state index in [0.29, 0.717) is 18.5 Å². The van der Waals surface area contributed by atoms with Gasteiger partial charge >= 0.3 is 6.03 Å². The van der Waals surface area contributed by atoms with E-state index >= 15 is 0 Å². The van der Waals surface area contributed by atoms with Crippen molar-refractivity contribution in [3.8, 4) is 0 Å². The summed E-state index contributed by atoms with van der Waals surface area (Å²) in [6.45, 7) is 7.62. The Morgan fingerprint density at radius 3 is 2.23 bits per heavy atom. The third-order valence-electron chi connectivity index (χ3n) is 9.96. The number of fused-ring (bicyclic) bond motifs is 2. The van der Waals surface area contributed by atoms with Crippen molar-refractivity contribution in [1.29, 1.82) is 0 Å². The summed E-state index contributed by atoms with van der Waals surface area (Å²) >= 11 is 6.16. The SMILES string of the molecule is CCN(CC)C(=O)N(C1CCCCC1)C1CC2CCC(C1)N2C(=O)[C@@H](Cc1ccc(Cl)cc1)NC1CCCNC1. The fourth-order valence-corrected chi connectivity index (χ4v) is 8.02. The van der Waals surface area contributed by atoms with Crippen LogP contribution < -0.4 is 10.6 Å². The minimum atomic E-state index is -0.252. The molecule has 1 aliphatic carbocycles. The van der Waals surface area contributed by atoms with E-state index in [1.807, 2.05) is 29.2 Å². The Bertz CT molecular complexity index is 960. The van der Waals surface area contributed by atoms with Crippen LogP contribution in [0, 0.1) is 0 Å². The molecule has 1 aromatic carbocycles. The molecule has 0 radical (unpaired) electrons. The van der Waals surface area contributed by atoms with Gasteiger partial charge in [-0.2, -0.15) is 0 Å². The topological polar surface area (TPSA) is 67.9 Å². The maximum Gasteiger partial charge on any atom is 0.320 e. The molecule has 4 aliphatic rings. The smallest absolute Gasteiger partial charge is 0.320 e. The van der Waals surface area contributed by atoms with Gasteiger partial charge in [-0.1, -0.05) is 43.0 Å². The number of hydrogen-bond donors (Lipinski definition) is 2.